The van der Waals surface area contributed by atoms with Gasteiger partial charge >= 0.3 is 11.9 Å². The lowest BCUT2D eigenvalue weighted by Crippen LogP contribution is -2.44. The molecule has 2 aromatic carbocycles. The molecule has 0 radical (unpaired) electrons. The van der Waals surface area contributed by atoms with E-state index in [4.69, 9.17) is 9.47 Å². The summed E-state index contributed by atoms with van der Waals surface area (Å²) in [5.74, 6) is -1.27. The van der Waals surface area contributed by atoms with E-state index in [2.05, 4.69) is 0 Å². The maximum atomic E-state index is 12.5. The van der Waals surface area contributed by atoms with Gasteiger partial charge in [-0.15, -0.1) is 0 Å². The monoisotopic (exact) mass is 622 g/mol. The van der Waals surface area contributed by atoms with Gasteiger partial charge in [0.05, 0.1) is 17.5 Å². The predicted molar refractivity (Wildman–Crippen MR) is 172 cm³/mol. The van der Waals surface area contributed by atoms with Crippen LogP contribution < -0.4 is 0 Å². The molecular formula is C36H50N2O7. The summed E-state index contributed by atoms with van der Waals surface area (Å²) in [4.78, 5) is 53.1. The maximum absolute atomic E-state index is 12.5. The third-order valence-corrected chi connectivity index (χ3v) is 8.26. The Morgan fingerprint density at radius 1 is 0.756 bits per heavy atom. The zero-order valence-electron chi connectivity index (χ0n) is 28.4. The quantitative estimate of drug-likeness (QED) is 0.416. The number of hydrogen-bond acceptors (Lipinski definition) is 7. The highest BCUT2D eigenvalue weighted by Gasteiger charge is 2.56. The number of carbonyl (C=O) groups excluding carboxylic acids is 4. The van der Waals surface area contributed by atoms with Crippen LogP contribution in [0, 0.1) is 10.8 Å². The molecule has 1 N–H and O–H groups in total. The lowest BCUT2D eigenvalue weighted by molar-refractivity contribution is -0.171. The average Bonchev–Trinajstić information content (AvgIpc) is 3.40. The van der Waals surface area contributed by atoms with Gasteiger partial charge < -0.3 is 24.4 Å². The third kappa shape index (κ3) is 8.51. The smallest absolute Gasteiger partial charge is 0.317 e. The number of nitrogens with zero attached hydrogens (tertiary/aromatic N) is 2. The van der Waals surface area contributed by atoms with Crippen LogP contribution in [0.25, 0.3) is 0 Å². The van der Waals surface area contributed by atoms with Gasteiger partial charge in [-0.05, 0) is 80.4 Å². The topological polar surface area (TPSA) is 113 Å². The molecule has 2 aliphatic heterocycles. The van der Waals surface area contributed by atoms with Crippen molar-refractivity contribution in [1.29, 1.82) is 0 Å². The molecule has 1 unspecified atom stereocenters. The van der Waals surface area contributed by atoms with Gasteiger partial charge in [0.2, 0.25) is 5.91 Å². The van der Waals surface area contributed by atoms with E-state index in [1.54, 1.807) is 37.5 Å². The van der Waals surface area contributed by atoms with Gasteiger partial charge in [-0.25, -0.2) is 0 Å². The molecule has 2 amide bonds. The van der Waals surface area contributed by atoms with Gasteiger partial charge in [-0.2, -0.15) is 0 Å². The van der Waals surface area contributed by atoms with Crippen LogP contribution in [0.1, 0.15) is 98.9 Å². The summed E-state index contributed by atoms with van der Waals surface area (Å²) >= 11 is 0. The number of amides is 2. The minimum Gasteiger partial charge on any atom is -0.459 e. The van der Waals surface area contributed by atoms with E-state index in [9.17, 15) is 24.3 Å². The number of likely N-dealkylation sites (tertiary alicyclic amines) is 2. The Balaban J connectivity index is 0.000000246. The first-order valence-corrected chi connectivity index (χ1v) is 15.5. The summed E-state index contributed by atoms with van der Waals surface area (Å²) in [6.07, 6.45) is -1.18. The van der Waals surface area contributed by atoms with E-state index in [0.717, 1.165) is 11.1 Å². The third-order valence-electron chi connectivity index (χ3n) is 8.26. The van der Waals surface area contributed by atoms with Gasteiger partial charge in [-0.1, -0.05) is 60.7 Å². The van der Waals surface area contributed by atoms with Gasteiger partial charge in [0, 0.05) is 19.5 Å². The minimum absolute atomic E-state index is 0.00436. The van der Waals surface area contributed by atoms with Crippen molar-refractivity contribution in [2.24, 2.45) is 10.8 Å². The van der Waals surface area contributed by atoms with Gasteiger partial charge in [0.1, 0.15) is 16.6 Å². The molecule has 4 rings (SSSR count). The van der Waals surface area contributed by atoms with Crippen molar-refractivity contribution < 1.29 is 33.8 Å². The van der Waals surface area contributed by atoms with Crippen LogP contribution in [0.2, 0.25) is 0 Å². The number of aliphatic hydroxyl groups is 1. The molecule has 2 fully saturated rings. The van der Waals surface area contributed by atoms with Crippen LogP contribution in [0.4, 0.5) is 0 Å². The molecule has 5 atom stereocenters. The predicted octanol–water partition coefficient (Wildman–Crippen LogP) is 5.63. The van der Waals surface area contributed by atoms with E-state index in [0.29, 0.717) is 6.54 Å². The van der Waals surface area contributed by atoms with Crippen LogP contribution in [0.3, 0.4) is 0 Å². The second kappa shape index (κ2) is 13.3. The molecule has 0 aromatic heterocycles. The zero-order valence-corrected chi connectivity index (χ0v) is 28.4. The van der Waals surface area contributed by atoms with Crippen molar-refractivity contribution in [2.45, 2.75) is 105 Å². The highest BCUT2D eigenvalue weighted by atomic mass is 16.6. The zero-order chi connectivity index (χ0) is 34.0. The lowest BCUT2D eigenvalue weighted by atomic mass is 9.87. The molecular weight excluding hydrogens is 572 g/mol. The Morgan fingerprint density at radius 3 is 1.62 bits per heavy atom. The summed E-state index contributed by atoms with van der Waals surface area (Å²) in [5, 5.41) is 10.4. The largest absolute Gasteiger partial charge is 0.459 e. The van der Waals surface area contributed by atoms with Crippen LogP contribution in [-0.2, 0) is 28.7 Å². The molecule has 2 heterocycles. The number of aliphatic hydroxyl groups excluding tert-OH is 1. The van der Waals surface area contributed by atoms with Gasteiger partial charge in [-0.3, -0.25) is 19.2 Å². The fourth-order valence-corrected chi connectivity index (χ4v) is 5.52. The number of benzene rings is 2. The summed E-state index contributed by atoms with van der Waals surface area (Å²) in [6.45, 7) is 18.6. The molecule has 2 aliphatic rings. The maximum Gasteiger partial charge on any atom is 0.317 e. The minimum atomic E-state index is -1.39. The molecule has 0 aliphatic carbocycles. The van der Waals surface area contributed by atoms with Gasteiger partial charge in [0.15, 0.2) is 6.10 Å². The summed E-state index contributed by atoms with van der Waals surface area (Å²) in [5.41, 5.74) is -1.20. The van der Waals surface area contributed by atoms with E-state index < -0.39 is 40.0 Å². The standard InChI is InChI=1S/C18H25NO4.C18H25NO3/c1-12(13-9-7-6-8-10-13)19-11-18(5,14(20)15(19)21)16(22)23-17(2,3)4;1-13(14-9-7-6-8-10-14)19-12-18(5,11-15(19)20)16(21)22-17(2,3)4/h6-10,12,14,20H,11H2,1-5H3;6-10,13H,11-12H2,1-5H3/t12-,14?,18+;13-,18-/m00/s1. The van der Waals surface area contributed by atoms with Crippen molar-refractivity contribution in [1.82, 2.24) is 9.80 Å². The number of hydrogen-bond donors (Lipinski definition) is 1. The molecule has 2 aromatic rings. The highest BCUT2D eigenvalue weighted by Crippen LogP contribution is 2.39. The average molecular weight is 623 g/mol. The van der Waals surface area contributed by atoms with E-state index in [-0.39, 0.29) is 36.9 Å². The van der Waals surface area contributed by atoms with Crippen molar-refractivity contribution in [3.8, 4) is 0 Å². The number of ether oxygens (including phenoxy) is 2. The summed E-state index contributed by atoms with van der Waals surface area (Å²) < 4.78 is 10.9. The highest BCUT2D eigenvalue weighted by molar-refractivity contribution is 5.93. The normalized spacial score (nSPS) is 24.9. The van der Waals surface area contributed by atoms with E-state index in [1.165, 1.54) is 0 Å². The first-order chi connectivity index (χ1) is 20.7. The van der Waals surface area contributed by atoms with Crippen LogP contribution >= 0.6 is 0 Å². The number of rotatable bonds is 6. The molecule has 45 heavy (non-hydrogen) atoms. The molecule has 246 valence electrons. The summed E-state index contributed by atoms with van der Waals surface area (Å²) in [7, 11) is 0. The SMILES string of the molecule is C[C@@H](c1ccccc1)N1C[C@@](C)(C(=O)OC(C)(C)C)C(O)C1=O.C[C@@H](c1ccccc1)N1C[C@@](C)(C(=O)OC(C)(C)C)CC1=O. The van der Waals surface area contributed by atoms with Crippen LogP contribution in [0.5, 0.6) is 0 Å². The van der Waals surface area contributed by atoms with Crippen molar-refractivity contribution in [2.75, 3.05) is 13.1 Å². The van der Waals surface area contributed by atoms with Crippen LogP contribution in [-0.4, -0.2) is 69.1 Å². The second-order valence-corrected chi connectivity index (χ2v) is 14.7. The Labute approximate surface area is 267 Å². The fraction of sp³-hybridized carbons (Fsp3) is 0.556. The molecule has 0 saturated carbocycles. The first-order valence-electron chi connectivity index (χ1n) is 15.5. The van der Waals surface area contributed by atoms with E-state index >= 15 is 0 Å². The Bertz CT molecular complexity index is 1370. The lowest BCUT2D eigenvalue weighted by Gasteiger charge is -2.30. The first kappa shape index (κ1) is 35.8. The van der Waals surface area contributed by atoms with Crippen molar-refractivity contribution >= 4 is 23.8 Å². The Morgan fingerprint density at radius 2 is 1.18 bits per heavy atom. The molecule has 0 bridgehead atoms. The fourth-order valence-electron chi connectivity index (χ4n) is 5.52. The molecule has 9 nitrogen and oxygen atoms in total. The number of carbonyl (C=O) groups is 4. The second-order valence-electron chi connectivity index (χ2n) is 14.7. The van der Waals surface area contributed by atoms with Crippen molar-refractivity contribution in [3.63, 3.8) is 0 Å². The Hall–Kier alpha value is -3.72. The van der Waals surface area contributed by atoms with Gasteiger partial charge in [0.25, 0.3) is 5.91 Å². The summed E-state index contributed by atoms with van der Waals surface area (Å²) in [6, 6.07) is 19.2. The van der Waals surface area contributed by atoms with E-state index in [1.807, 2.05) is 102 Å². The van der Waals surface area contributed by atoms with Crippen molar-refractivity contribution in [3.05, 3.63) is 71.8 Å². The Kier molecular flexibility index (Phi) is 10.6. The molecule has 9 heteroatoms. The number of esters is 2. The molecule has 0 spiro atoms. The van der Waals surface area contributed by atoms with Crippen LogP contribution in [0.15, 0.2) is 60.7 Å². The molecule has 2 saturated heterocycles.